The second-order valence-electron chi connectivity index (χ2n) is 3.42. The van der Waals surface area contributed by atoms with Gasteiger partial charge in [0.25, 0.3) is 0 Å². The fourth-order valence-corrected chi connectivity index (χ4v) is 1.47. The first-order valence-corrected chi connectivity index (χ1v) is 5.64. The van der Waals surface area contributed by atoms with E-state index in [4.69, 9.17) is 10.5 Å². The highest BCUT2D eigenvalue weighted by Crippen LogP contribution is 2.17. The fraction of sp³-hybridized carbons (Fsp3) is 0.636. The zero-order chi connectivity index (χ0) is 12.0. The third kappa shape index (κ3) is 3.34. The molecule has 1 rings (SSSR count). The number of hydrogen-bond acceptors (Lipinski definition) is 5. The van der Waals surface area contributed by atoms with Gasteiger partial charge in [-0.15, -0.1) is 0 Å². The molecule has 5 heteroatoms. The summed E-state index contributed by atoms with van der Waals surface area (Å²) in [5.41, 5.74) is 5.39. The second kappa shape index (κ2) is 6.27. The SMILES string of the molecule is CCN(CC)c1cc(OCCN)nc(C)n1. The van der Waals surface area contributed by atoms with Crippen molar-refractivity contribution in [3.8, 4) is 5.88 Å². The molecule has 0 atom stereocenters. The van der Waals surface area contributed by atoms with Crippen molar-refractivity contribution in [2.75, 3.05) is 31.1 Å². The first-order chi connectivity index (χ1) is 7.71. The van der Waals surface area contributed by atoms with Gasteiger partial charge >= 0.3 is 0 Å². The molecule has 0 radical (unpaired) electrons. The van der Waals surface area contributed by atoms with Crippen LogP contribution in [0.1, 0.15) is 19.7 Å². The second-order valence-corrected chi connectivity index (χ2v) is 3.42. The van der Waals surface area contributed by atoms with Crippen LogP contribution in [0.3, 0.4) is 0 Å². The average molecular weight is 224 g/mol. The Morgan fingerprint density at radius 3 is 2.56 bits per heavy atom. The molecule has 2 N–H and O–H groups in total. The van der Waals surface area contributed by atoms with Crippen molar-refractivity contribution >= 4 is 5.82 Å². The first-order valence-electron chi connectivity index (χ1n) is 5.64. The molecule has 1 aromatic rings. The number of nitrogens with two attached hydrogens (primary N) is 1. The van der Waals surface area contributed by atoms with Gasteiger partial charge in [-0.3, -0.25) is 0 Å². The Morgan fingerprint density at radius 2 is 2.00 bits per heavy atom. The maximum Gasteiger partial charge on any atom is 0.218 e. The number of nitrogens with zero attached hydrogens (tertiary/aromatic N) is 3. The lowest BCUT2D eigenvalue weighted by molar-refractivity contribution is 0.314. The van der Waals surface area contributed by atoms with Gasteiger partial charge in [0.2, 0.25) is 5.88 Å². The fourth-order valence-electron chi connectivity index (χ4n) is 1.47. The Hall–Kier alpha value is -1.36. The normalized spacial score (nSPS) is 10.2. The van der Waals surface area contributed by atoms with E-state index in [0.29, 0.717) is 19.0 Å². The Bertz CT molecular complexity index is 326. The lowest BCUT2D eigenvalue weighted by Gasteiger charge is -2.20. The van der Waals surface area contributed by atoms with Gasteiger partial charge < -0.3 is 15.4 Å². The van der Waals surface area contributed by atoms with Crippen molar-refractivity contribution in [2.45, 2.75) is 20.8 Å². The molecule has 0 saturated carbocycles. The molecule has 0 aromatic carbocycles. The van der Waals surface area contributed by atoms with E-state index in [9.17, 15) is 0 Å². The van der Waals surface area contributed by atoms with Crippen LogP contribution in [0, 0.1) is 6.92 Å². The van der Waals surface area contributed by atoms with Gasteiger partial charge in [0.05, 0.1) is 0 Å². The van der Waals surface area contributed by atoms with Crippen LogP contribution in [0.5, 0.6) is 5.88 Å². The molecule has 0 fully saturated rings. The molecule has 0 unspecified atom stereocenters. The van der Waals surface area contributed by atoms with E-state index in [0.717, 1.165) is 24.7 Å². The highest BCUT2D eigenvalue weighted by atomic mass is 16.5. The van der Waals surface area contributed by atoms with E-state index in [1.165, 1.54) is 0 Å². The third-order valence-electron chi connectivity index (χ3n) is 2.26. The molecular weight excluding hydrogens is 204 g/mol. The Kier molecular flexibility index (Phi) is 4.98. The number of anilines is 1. The van der Waals surface area contributed by atoms with Crippen LogP contribution in [-0.2, 0) is 0 Å². The van der Waals surface area contributed by atoms with Gasteiger partial charge in [0.15, 0.2) is 0 Å². The van der Waals surface area contributed by atoms with Gasteiger partial charge in [0.1, 0.15) is 18.2 Å². The van der Waals surface area contributed by atoms with Crippen LogP contribution in [0.25, 0.3) is 0 Å². The molecule has 0 bridgehead atoms. The summed E-state index contributed by atoms with van der Waals surface area (Å²) in [5.74, 6) is 2.22. The van der Waals surface area contributed by atoms with Crippen LogP contribution < -0.4 is 15.4 Å². The van der Waals surface area contributed by atoms with Crippen LogP contribution in [-0.4, -0.2) is 36.2 Å². The maximum atomic E-state index is 5.41. The topological polar surface area (TPSA) is 64.3 Å². The molecule has 0 aliphatic rings. The largest absolute Gasteiger partial charge is 0.476 e. The molecule has 0 aliphatic heterocycles. The summed E-state index contributed by atoms with van der Waals surface area (Å²) in [6, 6.07) is 1.86. The number of aromatic nitrogens is 2. The van der Waals surface area contributed by atoms with E-state index in [1.54, 1.807) is 0 Å². The van der Waals surface area contributed by atoms with Gasteiger partial charge in [-0.2, -0.15) is 4.98 Å². The van der Waals surface area contributed by atoms with Crippen LogP contribution in [0.2, 0.25) is 0 Å². The van der Waals surface area contributed by atoms with Gasteiger partial charge in [0, 0.05) is 25.7 Å². The van der Waals surface area contributed by atoms with Crippen LogP contribution in [0.4, 0.5) is 5.82 Å². The van der Waals surface area contributed by atoms with Crippen molar-refractivity contribution in [3.05, 3.63) is 11.9 Å². The summed E-state index contributed by atoms with van der Waals surface area (Å²) < 4.78 is 5.41. The summed E-state index contributed by atoms with van der Waals surface area (Å²) >= 11 is 0. The Labute approximate surface area is 96.6 Å². The first kappa shape index (κ1) is 12.7. The van der Waals surface area contributed by atoms with Crippen molar-refractivity contribution < 1.29 is 4.74 Å². The van der Waals surface area contributed by atoms with Crippen molar-refractivity contribution in [1.29, 1.82) is 0 Å². The smallest absolute Gasteiger partial charge is 0.218 e. The Morgan fingerprint density at radius 1 is 1.31 bits per heavy atom. The lowest BCUT2D eigenvalue weighted by atomic mass is 10.4. The molecule has 1 aromatic heterocycles. The standard InChI is InChI=1S/C11H20N4O/c1-4-15(5-2)10-8-11(16-7-6-12)14-9(3)13-10/h8H,4-7,12H2,1-3H3. The number of hydrogen-bond donors (Lipinski definition) is 1. The lowest BCUT2D eigenvalue weighted by Crippen LogP contribution is -2.23. The zero-order valence-corrected chi connectivity index (χ0v) is 10.2. The summed E-state index contributed by atoms with van der Waals surface area (Å²) in [6.45, 7) is 8.87. The number of rotatable bonds is 6. The molecule has 0 spiro atoms. The van der Waals surface area contributed by atoms with Gasteiger partial charge in [-0.1, -0.05) is 0 Å². The molecule has 0 amide bonds. The number of ether oxygens (including phenoxy) is 1. The van der Waals surface area contributed by atoms with Gasteiger partial charge in [-0.25, -0.2) is 4.98 Å². The predicted molar refractivity (Wildman–Crippen MR) is 64.9 cm³/mol. The summed E-state index contributed by atoms with van der Waals surface area (Å²) in [7, 11) is 0. The quantitative estimate of drug-likeness (QED) is 0.780. The monoisotopic (exact) mass is 224 g/mol. The summed E-state index contributed by atoms with van der Waals surface area (Å²) in [5, 5.41) is 0. The summed E-state index contributed by atoms with van der Waals surface area (Å²) in [6.07, 6.45) is 0. The molecule has 0 saturated heterocycles. The molecule has 0 aliphatic carbocycles. The van der Waals surface area contributed by atoms with Crippen LogP contribution in [0.15, 0.2) is 6.07 Å². The third-order valence-corrected chi connectivity index (χ3v) is 2.26. The molecule has 1 heterocycles. The maximum absolute atomic E-state index is 5.41. The predicted octanol–water partition coefficient (Wildman–Crippen LogP) is 0.969. The van der Waals surface area contributed by atoms with E-state index >= 15 is 0 Å². The van der Waals surface area contributed by atoms with E-state index in [1.807, 2.05) is 13.0 Å². The number of aryl methyl sites for hydroxylation is 1. The van der Waals surface area contributed by atoms with Crippen LogP contribution >= 0.6 is 0 Å². The van der Waals surface area contributed by atoms with Crippen molar-refractivity contribution in [3.63, 3.8) is 0 Å². The van der Waals surface area contributed by atoms with E-state index in [2.05, 4.69) is 28.7 Å². The van der Waals surface area contributed by atoms with E-state index in [-0.39, 0.29) is 0 Å². The summed E-state index contributed by atoms with van der Waals surface area (Å²) in [4.78, 5) is 10.8. The minimum absolute atomic E-state index is 0.480. The highest BCUT2D eigenvalue weighted by Gasteiger charge is 2.07. The molecule has 90 valence electrons. The molecule has 5 nitrogen and oxygen atoms in total. The Balaban J connectivity index is 2.88. The van der Waals surface area contributed by atoms with Crippen molar-refractivity contribution in [1.82, 2.24) is 9.97 Å². The van der Waals surface area contributed by atoms with E-state index < -0.39 is 0 Å². The highest BCUT2D eigenvalue weighted by molar-refractivity contribution is 5.41. The average Bonchev–Trinajstić information content (AvgIpc) is 2.27. The molecule has 16 heavy (non-hydrogen) atoms. The molecular formula is C11H20N4O. The minimum atomic E-state index is 0.480. The zero-order valence-electron chi connectivity index (χ0n) is 10.2. The van der Waals surface area contributed by atoms with Crippen molar-refractivity contribution in [2.24, 2.45) is 5.73 Å². The minimum Gasteiger partial charge on any atom is -0.476 e. The van der Waals surface area contributed by atoms with Gasteiger partial charge in [-0.05, 0) is 20.8 Å².